The van der Waals surface area contributed by atoms with Gasteiger partial charge in [0, 0.05) is 6.92 Å². The Morgan fingerprint density at radius 3 is 3.00 bits per heavy atom. The van der Waals surface area contributed by atoms with Crippen LogP contribution in [0, 0.1) is 18.3 Å². The summed E-state index contributed by atoms with van der Waals surface area (Å²) < 4.78 is 10.0. The van der Waals surface area contributed by atoms with Gasteiger partial charge in [0.25, 0.3) is 5.89 Å². The average Bonchev–Trinajstić information content (AvgIpc) is 2.82. The highest BCUT2D eigenvalue weighted by atomic mass is 16.5. The lowest BCUT2D eigenvalue weighted by molar-refractivity contribution is 0.0437. The molecule has 0 aliphatic rings. The van der Waals surface area contributed by atoms with Crippen LogP contribution in [0.2, 0.25) is 0 Å². The molecule has 2 rings (SSSR count). The molecule has 0 spiro atoms. The Morgan fingerprint density at radius 1 is 1.50 bits per heavy atom. The lowest BCUT2D eigenvalue weighted by Gasteiger charge is -2.01. The van der Waals surface area contributed by atoms with Crippen molar-refractivity contribution >= 4 is 5.97 Å². The molecule has 90 valence electrons. The van der Waals surface area contributed by atoms with E-state index in [2.05, 4.69) is 10.2 Å². The summed E-state index contributed by atoms with van der Waals surface area (Å²) in [5.41, 5.74) is 0.711. The molecule has 1 aromatic carbocycles. The van der Waals surface area contributed by atoms with Crippen LogP contribution in [0.4, 0.5) is 0 Å². The van der Waals surface area contributed by atoms with Crippen LogP contribution in [0.25, 0.3) is 0 Å². The number of rotatable bonds is 3. The van der Waals surface area contributed by atoms with Gasteiger partial charge in [-0.2, -0.15) is 5.26 Å². The minimum absolute atomic E-state index is 0.0869. The fraction of sp³-hybridized carbons (Fsp3) is 0.167. The number of carbonyl (C=O) groups excluding carboxylic acids is 1. The quantitative estimate of drug-likeness (QED) is 0.761. The Morgan fingerprint density at radius 2 is 2.33 bits per heavy atom. The summed E-state index contributed by atoms with van der Waals surface area (Å²) in [6.45, 7) is 1.56. The van der Waals surface area contributed by atoms with E-state index in [1.165, 1.54) is 6.07 Å². The second-order valence-corrected chi connectivity index (χ2v) is 3.48. The molecule has 0 aliphatic carbocycles. The van der Waals surface area contributed by atoms with Gasteiger partial charge in [-0.15, -0.1) is 10.2 Å². The molecule has 1 heterocycles. The molecule has 6 nitrogen and oxygen atoms in total. The van der Waals surface area contributed by atoms with Crippen LogP contribution in [0.5, 0.6) is 0 Å². The summed E-state index contributed by atoms with van der Waals surface area (Å²) >= 11 is 0. The van der Waals surface area contributed by atoms with Gasteiger partial charge in [0.2, 0.25) is 5.89 Å². The third-order valence-electron chi connectivity index (χ3n) is 2.12. The zero-order chi connectivity index (χ0) is 13.0. The Kier molecular flexibility index (Phi) is 3.34. The largest absolute Gasteiger partial charge is 0.452 e. The summed E-state index contributed by atoms with van der Waals surface area (Å²) in [5, 5.41) is 16.0. The molecule has 0 atom stereocenters. The highest BCUT2D eigenvalue weighted by Gasteiger charge is 2.10. The first-order valence-corrected chi connectivity index (χ1v) is 5.15. The first kappa shape index (κ1) is 11.8. The summed E-state index contributed by atoms with van der Waals surface area (Å²) in [6, 6.07) is 8.21. The van der Waals surface area contributed by atoms with Crippen molar-refractivity contribution in [3.8, 4) is 6.07 Å². The van der Waals surface area contributed by atoms with E-state index in [0.29, 0.717) is 17.0 Å². The fourth-order valence-electron chi connectivity index (χ4n) is 1.32. The minimum atomic E-state index is -0.539. The third kappa shape index (κ3) is 2.71. The van der Waals surface area contributed by atoms with Gasteiger partial charge in [-0.25, -0.2) is 4.79 Å². The SMILES string of the molecule is Cc1nnc(COC(=O)c2cccc(C#N)c2)o1. The normalized spacial score (nSPS) is 9.78. The van der Waals surface area contributed by atoms with E-state index in [1.54, 1.807) is 25.1 Å². The van der Waals surface area contributed by atoms with Gasteiger partial charge in [0.1, 0.15) is 0 Å². The van der Waals surface area contributed by atoms with Crippen LogP contribution >= 0.6 is 0 Å². The van der Waals surface area contributed by atoms with E-state index in [4.69, 9.17) is 14.4 Å². The average molecular weight is 243 g/mol. The number of nitrogens with zero attached hydrogens (tertiary/aromatic N) is 3. The standard InChI is InChI=1S/C12H9N3O3/c1-8-14-15-11(18-8)7-17-12(16)10-4-2-3-9(5-10)6-13/h2-5H,7H2,1H3. The predicted octanol–water partition coefficient (Wildman–Crippen LogP) is 1.61. The Balaban J connectivity index is 2.01. The Bertz CT molecular complexity index is 613. The van der Waals surface area contributed by atoms with Crippen molar-refractivity contribution < 1.29 is 13.9 Å². The highest BCUT2D eigenvalue weighted by Crippen LogP contribution is 2.08. The van der Waals surface area contributed by atoms with Crippen molar-refractivity contribution in [2.24, 2.45) is 0 Å². The molecule has 2 aromatic rings. The number of esters is 1. The summed E-state index contributed by atoms with van der Waals surface area (Å²) in [5.74, 6) is 0.104. The van der Waals surface area contributed by atoms with Crippen LogP contribution in [0.3, 0.4) is 0 Å². The van der Waals surface area contributed by atoms with E-state index in [1.807, 2.05) is 6.07 Å². The van der Waals surface area contributed by atoms with Crippen LogP contribution in [-0.4, -0.2) is 16.2 Å². The second kappa shape index (κ2) is 5.10. The third-order valence-corrected chi connectivity index (χ3v) is 2.12. The van der Waals surface area contributed by atoms with Gasteiger partial charge < -0.3 is 9.15 Å². The molecule has 0 radical (unpaired) electrons. The zero-order valence-electron chi connectivity index (χ0n) is 9.58. The van der Waals surface area contributed by atoms with Crippen molar-refractivity contribution in [1.29, 1.82) is 5.26 Å². The molecular formula is C12H9N3O3. The number of nitriles is 1. The smallest absolute Gasteiger partial charge is 0.338 e. The van der Waals surface area contributed by atoms with Crippen molar-refractivity contribution in [3.63, 3.8) is 0 Å². The van der Waals surface area contributed by atoms with Gasteiger partial charge in [-0.3, -0.25) is 0 Å². The van der Waals surface area contributed by atoms with Crippen molar-refractivity contribution in [2.75, 3.05) is 0 Å². The zero-order valence-corrected chi connectivity index (χ0v) is 9.58. The van der Waals surface area contributed by atoms with Crippen LogP contribution in [0.15, 0.2) is 28.7 Å². The molecule has 0 aliphatic heterocycles. The van der Waals surface area contributed by atoms with E-state index >= 15 is 0 Å². The lowest BCUT2D eigenvalue weighted by atomic mass is 10.1. The summed E-state index contributed by atoms with van der Waals surface area (Å²) in [6.07, 6.45) is 0. The maximum absolute atomic E-state index is 11.7. The van der Waals surface area contributed by atoms with Gasteiger partial charge in [0.15, 0.2) is 6.61 Å². The highest BCUT2D eigenvalue weighted by molar-refractivity contribution is 5.89. The number of benzene rings is 1. The summed E-state index contributed by atoms with van der Waals surface area (Å²) in [7, 11) is 0. The van der Waals surface area contributed by atoms with E-state index < -0.39 is 5.97 Å². The monoisotopic (exact) mass is 243 g/mol. The van der Waals surface area contributed by atoms with Crippen LogP contribution in [-0.2, 0) is 11.3 Å². The molecule has 0 amide bonds. The van der Waals surface area contributed by atoms with Crippen molar-refractivity contribution in [1.82, 2.24) is 10.2 Å². The first-order valence-electron chi connectivity index (χ1n) is 5.15. The van der Waals surface area contributed by atoms with E-state index in [9.17, 15) is 4.79 Å². The molecule has 0 N–H and O–H groups in total. The van der Waals surface area contributed by atoms with E-state index in [-0.39, 0.29) is 12.5 Å². The van der Waals surface area contributed by atoms with Gasteiger partial charge in [-0.05, 0) is 18.2 Å². The van der Waals surface area contributed by atoms with E-state index in [0.717, 1.165) is 0 Å². The Hall–Kier alpha value is -2.68. The molecule has 0 unspecified atom stereocenters. The first-order chi connectivity index (χ1) is 8.69. The Labute approximate surface area is 103 Å². The fourth-order valence-corrected chi connectivity index (χ4v) is 1.32. The molecule has 1 aromatic heterocycles. The maximum Gasteiger partial charge on any atom is 0.338 e. The number of hydrogen-bond acceptors (Lipinski definition) is 6. The number of aromatic nitrogens is 2. The molecule has 0 saturated heterocycles. The number of ether oxygens (including phenoxy) is 1. The molecule has 0 saturated carbocycles. The molecule has 6 heteroatoms. The summed E-state index contributed by atoms with van der Waals surface area (Å²) in [4.78, 5) is 11.7. The topological polar surface area (TPSA) is 89.0 Å². The van der Waals surface area contributed by atoms with Crippen molar-refractivity contribution in [2.45, 2.75) is 13.5 Å². The van der Waals surface area contributed by atoms with Crippen molar-refractivity contribution in [3.05, 3.63) is 47.2 Å². The number of carbonyl (C=O) groups is 1. The molecule has 0 bridgehead atoms. The predicted molar refractivity (Wildman–Crippen MR) is 59.3 cm³/mol. The minimum Gasteiger partial charge on any atom is -0.452 e. The van der Waals surface area contributed by atoms with Gasteiger partial charge >= 0.3 is 5.97 Å². The molecular weight excluding hydrogens is 234 g/mol. The van der Waals surface area contributed by atoms with Gasteiger partial charge in [-0.1, -0.05) is 6.07 Å². The van der Waals surface area contributed by atoms with Crippen LogP contribution in [0.1, 0.15) is 27.7 Å². The number of hydrogen-bond donors (Lipinski definition) is 0. The number of aryl methyl sites for hydroxylation is 1. The van der Waals surface area contributed by atoms with Gasteiger partial charge in [0.05, 0.1) is 17.2 Å². The molecule has 18 heavy (non-hydrogen) atoms. The lowest BCUT2D eigenvalue weighted by Crippen LogP contribution is -2.05. The second-order valence-electron chi connectivity index (χ2n) is 3.48. The maximum atomic E-state index is 11.7. The van der Waals surface area contributed by atoms with Crippen LogP contribution < -0.4 is 0 Å². The molecule has 0 fully saturated rings.